The van der Waals surface area contributed by atoms with Crippen LogP contribution in [-0.4, -0.2) is 25.6 Å². The molecule has 0 spiro atoms. The number of aromatic nitrogens is 1. The summed E-state index contributed by atoms with van der Waals surface area (Å²) in [7, 11) is -3.34. The molecule has 4 aromatic rings. The molecule has 31 heavy (non-hydrogen) atoms. The maximum absolute atomic E-state index is 13.4. The molecule has 0 aliphatic heterocycles. The number of hydrogen-bond acceptors (Lipinski definition) is 6. The van der Waals surface area contributed by atoms with Gasteiger partial charge in [0.15, 0.2) is 15.0 Å². The van der Waals surface area contributed by atoms with Crippen molar-refractivity contribution in [2.45, 2.75) is 31.2 Å². The summed E-state index contributed by atoms with van der Waals surface area (Å²) >= 11 is 1.45. The van der Waals surface area contributed by atoms with Crippen LogP contribution in [0, 0.1) is 0 Å². The number of para-hydroxylation sites is 1. The van der Waals surface area contributed by atoms with E-state index in [1.807, 2.05) is 12.1 Å². The molecule has 0 aliphatic carbocycles. The fourth-order valence-corrected chi connectivity index (χ4v) is 4.95. The van der Waals surface area contributed by atoms with E-state index in [9.17, 15) is 13.2 Å². The molecular weight excluding hydrogens is 432 g/mol. The van der Waals surface area contributed by atoms with Crippen molar-refractivity contribution in [1.29, 1.82) is 0 Å². The number of thiazole rings is 1. The van der Waals surface area contributed by atoms with Crippen LogP contribution in [0.15, 0.2) is 70.2 Å². The van der Waals surface area contributed by atoms with Crippen LogP contribution in [0.3, 0.4) is 0 Å². The van der Waals surface area contributed by atoms with Gasteiger partial charge in [-0.1, -0.05) is 37.3 Å². The van der Waals surface area contributed by atoms with Crippen LogP contribution in [0.1, 0.15) is 41.4 Å². The zero-order valence-corrected chi connectivity index (χ0v) is 19.0. The molecule has 4 rings (SSSR count). The van der Waals surface area contributed by atoms with Gasteiger partial charge in [-0.15, -0.1) is 0 Å². The van der Waals surface area contributed by atoms with E-state index in [1.165, 1.54) is 35.6 Å². The highest BCUT2D eigenvalue weighted by Gasteiger charge is 2.24. The third kappa shape index (κ3) is 4.40. The highest BCUT2D eigenvalue weighted by atomic mass is 32.2. The first-order chi connectivity index (χ1) is 14.7. The third-order valence-electron chi connectivity index (χ3n) is 4.96. The van der Waals surface area contributed by atoms with Crippen molar-refractivity contribution in [3.63, 3.8) is 0 Å². The first-order valence-corrected chi connectivity index (χ1v) is 12.5. The second kappa shape index (κ2) is 8.28. The van der Waals surface area contributed by atoms with E-state index in [-0.39, 0.29) is 17.3 Å². The Bertz CT molecular complexity index is 1320. The summed E-state index contributed by atoms with van der Waals surface area (Å²) in [5.74, 6) is 0.655. The lowest BCUT2D eigenvalue weighted by atomic mass is 10.0. The summed E-state index contributed by atoms with van der Waals surface area (Å²) in [4.78, 5) is 20.0. The fourth-order valence-electron chi connectivity index (χ4n) is 3.32. The van der Waals surface area contributed by atoms with E-state index < -0.39 is 9.84 Å². The second-order valence-corrected chi connectivity index (χ2v) is 10.6. The van der Waals surface area contributed by atoms with E-state index in [4.69, 9.17) is 9.40 Å². The Labute approximate surface area is 185 Å². The molecule has 0 unspecified atom stereocenters. The molecule has 2 aromatic heterocycles. The summed E-state index contributed by atoms with van der Waals surface area (Å²) < 4.78 is 30.0. The third-order valence-corrected chi connectivity index (χ3v) is 7.13. The van der Waals surface area contributed by atoms with Crippen LogP contribution in [-0.2, 0) is 16.4 Å². The number of rotatable bonds is 6. The number of amides is 1. The van der Waals surface area contributed by atoms with Gasteiger partial charge in [-0.05, 0) is 53.9 Å². The van der Waals surface area contributed by atoms with Crippen LogP contribution in [0.5, 0.6) is 0 Å². The molecule has 0 aliphatic rings. The van der Waals surface area contributed by atoms with E-state index >= 15 is 0 Å². The Hall–Kier alpha value is -2.97. The molecular formula is C23H22N2O4S2. The molecule has 6 nitrogen and oxygen atoms in total. The highest BCUT2D eigenvalue weighted by molar-refractivity contribution is 7.90. The van der Waals surface area contributed by atoms with Gasteiger partial charge in [0.05, 0.1) is 27.9 Å². The molecule has 0 radical (unpaired) electrons. The summed E-state index contributed by atoms with van der Waals surface area (Å²) in [6, 6.07) is 15.6. The maximum atomic E-state index is 13.4. The Balaban J connectivity index is 1.77. The van der Waals surface area contributed by atoms with Gasteiger partial charge in [0.1, 0.15) is 5.76 Å². The lowest BCUT2D eigenvalue weighted by molar-refractivity contribution is 0.0983. The van der Waals surface area contributed by atoms with Crippen LogP contribution >= 0.6 is 11.3 Å². The van der Waals surface area contributed by atoms with Crippen molar-refractivity contribution in [2.24, 2.45) is 0 Å². The van der Waals surface area contributed by atoms with Crippen molar-refractivity contribution in [1.82, 2.24) is 4.98 Å². The number of benzene rings is 2. The number of carbonyl (C=O) groups is 1. The van der Waals surface area contributed by atoms with Gasteiger partial charge in [0.2, 0.25) is 0 Å². The maximum Gasteiger partial charge on any atom is 0.260 e. The molecule has 0 saturated heterocycles. The molecule has 8 heteroatoms. The lowest BCUT2D eigenvalue weighted by Gasteiger charge is -2.19. The summed E-state index contributed by atoms with van der Waals surface area (Å²) in [6.45, 7) is 4.45. The van der Waals surface area contributed by atoms with Crippen molar-refractivity contribution in [2.75, 3.05) is 11.2 Å². The van der Waals surface area contributed by atoms with Crippen molar-refractivity contribution >= 4 is 42.4 Å². The minimum absolute atomic E-state index is 0.170. The van der Waals surface area contributed by atoms with E-state index in [0.29, 0.717) is 22.4 Å². The van der Waals surface area contributed by atoms with Crippen LogP contribution < -0.4 is 4.90 Å². The quantitative estimate of drug-likeness (QED) is 0.397. The predicted molar refractivity (Wildman–Crippen MR) is 122 cm³/mol. The van der Waals surface area contributed by atoms with Crippen LogP contribution in [0.2, 0.25) is 0 Å². The molecule has 0 N–H and O–H groups in total. The second-order valence-electron chi connectivity index (χ2n) is 7.61. The molecule has 0 bridgehead atoms. The number of sulfone groups is 1. The van der Waals surface area contributed by atoms with Crippen molar-refractivity contribution < 1.29 is 17.6 Å². The molecule has 0 saturated carbocycles. The Morgan fingerprint density at radius 1 is 1.10 bits per heavy atom. The SMILES string of the molecule is CC(C)c1cccc2sc(N(Cc3ccco3)C(=O)c3ccc(S(C)(=O)=O)cc3)nc12. The largest absolute Gasteiger partial charge is 0.467 e. The van der Waals surface area contributed by atoms with E-state index in [1.54, 1.807) is 23.3 Å². The van der Waals surface area contributed by atoms with Gasteiger partial charge in [-0.3, -0.25) is 9.69 Å². The van der Waals surface area contributed by atoms with Crippen LogP contribution in [0.25, 0.3) is 10.2 Å². The molecule has 0 fully saturated rings. The average Bonchev–Trinajstić information content (AvgIpc) is 3.40. The predicted octanol–water partition coefficient (Wildman–Crippen LogP) is 5.26. The number of carbonyl (C=O) groups excluding carboxylic acids is 1. The highest BCUT2D eigenvalue weighted by Crippen LogP contribution is 2.34. The van der Waals surface area contributed by atoms with Crippen molar-refractivity contribution in [3.05, 3.63) is 77.7 Å². The Morgan fingerprint density at radius 2 is 1.84 bits per heavy atom. The normalized spacial score (nSPS) is 11.9. The molecule has 0 atom stereocenters. The van der Waals surface area contributed by atoms with E-state index in [0.717, 1.165) is 22.0 Å². The van der Waals surface area contributed by atoms with Gasteiger partial charge < -0.3 is 4.42 Å². The van der Waals surface area contributed by atoms with Gasteiger partial charge in [0, 0.05) is 11.8 Å². The van der Waals surface area contributed by atoms with Gasteiger partial charge in [-0.25, -0.2) is 13.4 Å². The molecule has 2 heterocycles. The first kappa shape index (κ1) is 21.3. The number of fused-ring (bicyclic) bond motifs is 1. The standard InChI is InChI=1S/C23H22N2O4S2/c1-15(2)19-7-4-8-20-21(19)24-23(30-20)25(14-17-6-5-13-29-17)22(26)16-9-11-18(12-10-16)31(3,27)28/h4-13,15H,14H2,1-3H3. The minimum Gasteiger partial charge on any atom is -0.467 e. The Kier molecular flexibility index (Phi) is 5.68. The van der Waals surface area contributed by atoms with Crippen LogP contribution in [0.4, 0.5) is 5.13 Å². The Morgan fingerprint density at radius 3 is 2.45 bits per heavy atom. The monoisotopic (exact) mass is 454 g/mol. The van der Waals surface area contributed by atoms with Gasteiger partial charge in [-0.2, -0.15) is 0 Å². The summed E-state index contributed by atoms with van der Waals surface area (Å²) in [5, 5.41) is 0.566. The minimum atomic E-state index is -3.34. The zero-order chi connectivity index (χ0) is 22.2. The van der Waals surface area contributed by atoms with Gasteiger partial charge >= 0.3 is 0 Å². The summed E-state index contributed by atoms with van der Waals surface area (Å²) in [6.07, 6.45) is 2.70. The molecule has 160 valence electrons. The number of anilines is 1. The number of nitrogens with zero attached hydrogens (tertiary/aromatic N) is 2. The zero-order valence-electron chi connectivity index (χ0n) is 17.4. The average molecular weight is 455 g/mol. The smallest absolute Gasteiger partial charge is 0.260 e. The van der Waals surface area contributed by atoms with Crippen molar-refractivity contribution in [3.8, 4) is 0 Å². The molecule has 1 amide bonds. The molecule has 2 aromatic carbocycles. The lowest BCUT2D eigenvalue weighted by Crippen LogP contribution is -2.30. The number of hydrogen-bond donors (Lipinski definition) is 0. The number of furan rings is 1. The topological polar surface area (TPSA) is 80.5 Å². The first-order valence-electron chi connectivity index (χ1n) is 9.78. The fraction of sp³-hybridized carbons (Fsp3) is 0.217. The van der Waals surface area contributed by atoms with Gasteiger partial charge in [0.25, 0.3) is 5.91 Å². The van der Waals surface area contributed by atoms with E-state index in [2.05, 4.69) is 19.9 Å². The summed E-state index contributed by atoms with van der Waals surface area (Å²) in [5.41, 5.74) is 2.40.